The molecule has 0 heterocycles. The van der Waals surface area contributed by atoms with E-state index in [0.29, 0.717) is 13.2 Å². The Labute approximate surface area is 256 Å². The van der Waals surface area contributed by atoms with Gasteiger partial charge in [-0.25, -0.2) is 4.79 Å². The maximum atomic E-state index is 13.4. The van der Waals surface area contributed by atoms with Crippen LogP contribution in [0.25, 0.3) is 0 Å². The number of nitrogens with zero attached hydrogens (tertiary/aromatic N) is 1. The highest BCUT2D eigenvalue weighted by atomic mass is 35.5. The Morgan fingerprint density at radius 1 is 1.02 bits per heavy atom. The first-order valence-electron chi connectivity index (χ1n) is 15.3. The van der Waals surface area contributed by atoms with E-state index in [1.807, 2.05) is 37.4 Å². The number of ether oxygens (including phenoxy) is 2. The van der Waals surface area contributed by atoms with Gasteiger partial charge in [0.05, 0.1) is 28.9 Å². The van der Waals surface area contributed by atoms with E-state index in [-0.39, 0.29) is 19.4 Å². The quantitative estimate of drug-likeness (QED) is 0.115. The number of hydrogen-bond acceptors (Lipinski definition) is 7. The normalized spacial score (nSPS) is 23.3. The maximum absolute atomic E-state index is 13.4. The fourth-order valence-electron chi connectivity index (χ4n) is 5.01. The number of aliphatic hydroxyl groups is 1. The molecule has 0 aliphatic heterocycles. The second-order valence-electron chi connectivity index (χ2n) is 10.9. The Kier molecular flexibility index (Phi) is 17.9. The molecule has 1 aliphatic rings. The van der Waals surface area contributed by atoms with Crippen LogP contribution in [0, 0.1) is 5.92 Å². The summed E-state index contributed by atoms with van der Waals surface area (Å²) in [6.45, 7) is 8.53. The Bertz CT molecular complexity index is 857. The summed E-state index contributed by atoms with van der Waals surface area (Å²) in [5.41, 5.74) is 0.892. The van der Waals surface area contributed by atoms with Gasteiger partial charge in [0.15, 0.2) is 0 Å². The monoisotopic (exact) mass is 615 g/mol. The highest BCUT2D eigenvalue weighted by Crippen LogP contribution is 2.34. The summed E-state index contributed by atoms with van der Waals surface area (Å²) in [5.74, 6) is -1.83. The van der Waals surface area contributed by atoms with Gasteiger partial charge >= 0.3 is 5.97 Å². The molecule has 1 saturated carbocycles. The summed E-state index contributed by atoms with van der Waals surface area (Å²) in [6, 6.07) is 8.58. The lowest BCUT2D eigenvalue weighted by Crippen LogP contribution is -2.56. The van der Waals surface area contributed by atoms with Crippen LogP contribution >= 0.6 is 23.2 Å². The van der Waals surface area contributed by atoms with Gasteiger partial charge in [0.25, 0.3) is 0 Å². The number of amides is 1. The van der Waals surface area contributed by atoms with Gasteiger partial charge in [-0.2, -0.15) is 0 Å². The van der Waals surface area contributed by atoms with Crippen LogP contribution in [-0.2, 0) is 25.5 Å². The van der Waals surface area contributed by atoms with E-state index in [2.05, 4.69) is 29.4 Å². The maximum Gasteiger partial charge on any atom is 0.329 e. The predicted molar refractivity (Wildman–Crippen MR) is 166 cm³/mol. The summed E-state index contributed by atoms with van der Waals surface area (Å²) >= 11 is 13.2. The lowest BCUT2D eigenvalue weighted by molar-refractivity contribution is -0.149. The Balaban J connectivity index is 2.01. The zero-order valence-electron chi connectivity index (χ0n) is 25.0. The number of aliphatic hydroxyl groups excluding tert-OH is 1. The van der Waals surface area contributed by atoms with E-state index < -0.39 is 46.8 Å². The van der Waals surface area contributed by atoms with Gasteiger partial charge in [0.2, 0.25) is 5.91 Å². The van der Waals surface area contributed by atoms with Crippen LogP contribution in [0.1, 0.15) is 64.4 Å². The molecule has 0 saturated heterocycles. The number of rotatable bonds is 20. The molecule has 1 fully saturated rings. The second-order valence-corrected chi connectivity index (χ2v) is 12.0. The third-order valence-corrected chi connectivity index (χ3v) is 8.48. The molecule has 1 aliphatic carbocycles. The van der Waals surface area contributed by atoms with Gasteiger partial charge in [-0.05, 0) is 64.3 Å². The summed E-state index contributed by atoms with van der Waals surface area (Å²) in [4.78, 5) is 29.0. The van der Waals surface area contributed by atoms with Crippen molar-refractivity contribution in [2.75, 3.05) is 46.4 Å². The van der Waals surface area contributed by atoms with Gasteiger partial charge < -0.3 is 25.2 Å². The molecule has 5 unspecified atom stereocenters. The van der Waals surface area contributed by atoms with Crippen LogP contribution in [-0.4, -0.2) is 97.3 Å². The molecule has 3 N–H and O–H groups in total. The van der Waals surface area contributed by atoms with E-state index in [9.17, 15) is 14.7 Å². The lowest BCUT2D eigenvalue weighted by Gasteiger charge is -2.39. The summed E-state index contributed by atoms with van der Waals surface area (Å²) in [7, 11) is 1.90. The molecule has 1 aromatic rings. The van der Waals surface area contributed by atoms with Crippen molar-refractivity contribution in [3.63, 3.8) is 0 Å². The number of hydrogen-bond donors (Lipinski definition) is 3. The Morgan fingerprint density at radius 3 is 2.34 bits per heavy atom. The molecule has 0 bridgehead atoms. The molecule has 8 nitrogen and oxygen atoms in total. The fraction of sp³-hybridized carbons (Fsp3) is 0.742. The van der Waals surface area contributed by atoms with Crippen LogP contribution in [0.3, 0.4) is 0 Å². The number of unbranched alkanes of at least 4 members (excludes halogenated alkanes) is 3. The Morgan fingerprint density at radius 2 is 1.71 bits per heavy atom. The summed E-state index contributed by atoms with van der Waals surface area (Å²) in [5, 5.41) is 15.5. The molecular weight excluding hydrogens is 565 g/mol. The van der Waals surface area contributed by atoms with Crippen molar-refractivity contribution >= 4 is 35.1 Å². The van der Waals surface area contributed by atoms with Crippen LogP contribution in [0.4, 0.5) is 0 Å². The standard InChI is InChI=1S/C31H51Cl2N3O5/c1-4-6-16-36(17-7-5-2)18-20-41-31(39)26(21-23-13-9-8-10-14-23)35-30(38)24-22-25(32)29(27(33)28(24)37)40-19-12-11-15-34-3/h8-10,13-14,24-29,34,37H,4-7,11-12,15-22H2,1-3H3,(H,35,38)/t24?,25?,26-,27?,28?,29?/m0/s1. The van der Waals surface area contributed by atoms with Gasteiger partial charge in [-0.15, -0.1) is 23.2 Å². The first kappa shape index (κ1) is 35.8. The molecule has 10 heteroatoms. The van der Waals surface area contributed by atoms with Gasteiger partial charge in [0, 0.05) is 19.6 Å². The van der Waals surface area contributed by atoms with Crippen molar-refractivity contribution in [2.24, 2.45) is 5.92 Å². The highest BCUT2D eigenvalue weighted by molar-refractivity contribution is 6.25. The van der Waals surface area contributed by atoms with Crippen LogP contribution < -0.4 is 10.6 Å². The van der Waals surface area contributed by atoms with Crippen LogP contribution in [0.5, 0.6) is 0 Å². The number of carbonyl (C=O) groups is 2. The number of carbonyl (C=O) groups excluding carboxylic acids is 2. The minimum Gasteiger partial charge on any atom is -0.463 e. The second kappa shape index (κ2) is 20.5. The number of benzene rings is 1. The summed E-state index contributed by atoms with van der Waals surface area (Å²) in [6.07, 6.45) is 4.93. The topological polar surface area (TPSA) is 100 Å². The molecule has 234 valence electrons. The molecule has 2 rings (SSSR count). The van der Waals surface area contributed by atoms with Crippen molar-refractivity contribution in [1.82, 2.24) is 15.5 Å². The van der Waals surface area contributed by atoms with Crippen molar-refractivity contribution in [3.05, 3.63) is 35.9 Å². The Hall–Kier alpha value is -1.42. The van der Waals surface area contributed by atoms with E-state index >= 15 is 0 Å². The number of nitrogens with one attached hydrogen (secondary N) is 2. The third-order valence-electron chi connectivity index (χ3n) is 7.55. The van der Waals surface area contributed by atoms with Gasteiger partial charge in [-0.1, -0.05) is 57.0 Å². The molecule has 1 aromatic carbocycles. The predicted octanol–water partition coefficient (Wildman–Crippen LogP) is 4.14. The van der Waals surface area contributed by atoms with Crippen molar-refractivity contribution in [1.29, 1.82) is 0 Å². The summed E-state index contributed by atoms with van der Waals surface area (Å²) < 4.78 is 11.6. The van der Waals surface area contributed by atoms with E-state index in [1.165, 1.54) is 0 Å². The molecule has 0 radical (unpaired) electrons. The SMILES string of the molecule is CCCCN(CCCC)CCOC(=O)[C@H](Cc1ccccc1)NC(=O)C1CC(Cl)C(OCCCCNC)C(Cl)C1O. The zero-order valence-corrected chi connectivity index (χ0v) is 26.5. The molecular formula is C31H51Cl2N3O5. The molecule has 41 heavy (non-hydrogen) atoms. The minimum atomic E-state index is -1.16. The zero-order chi connectivity index (χ0) is 30.0. The average Bonchev–Trinajstić information content (AvgIpc) is 2.97. The highest BCUT2D eigenvalue weighted by Gasteiger charge is 2.46. The van der Waals surface area contributed by atoms with Crippen LogP contribution in [0.15, 0.2) is 30.3 Å². The largest absolute Gasteiger partial charge is 0.463 e. The van der Waals surface area contributed by atoms with E-state index in [4.69, 9.17) is 32.7 Å². The van der Waals surface area contributed by atoms with Gasteiger partial charge in [-0.3, -0.25) is 9.69 Å². The third kappa shape index (κ3) is 12.8. The minimum absolute atomic E-state index is 0.190. The lowest BCUT2D eigenvalue weighted by atomic mass is 9.83. The van der Waals surface area contributed by atoms with Crippen molar-refractivity contribution in [3.8, 4) is 0 Å². The van der Waals surface area contributed by atoms with Crippen LogP contribution in [0.2, 0.25) is 0 Å². The van der Waals surface area contributed by atoms with E-state index in [1.54, 1.807) is 0 Å². The number of alkyl halides is 2. The molecule has 1 amide bonds. The van der Waals surface area contributed by atoms with Crippen molar-refractivity contribution in [2.45, 2.75) is 94.2 Å². The first-order valence-corrected chi connectivity index (χ1v) is 16.1. The van der Waals surface area contributed by atoms with Crippen molar-refractivity contribution < 1.29 is 24.2 Å². The fourth-order valence-corrected chi connectivity index (χ4v) is 5.93. The smallest absolute Gasteiger partial charge is 0.329 e. The number of halogens is 2. The molecule has 0 spiro atoms. The molecule has 6 atom stereocenters. The number of esters is 1. The average molecular weight is 617 g/mol. The molecule has 0 aromatic heterocycles. The van der Waals surface area contributed by atoms with E-state index in [0.717, 1.165) is 63.7 Å². The van der Waals surface area contributed by atoms with Gasteiger partial charge in [0.1, 0.15) is 12.6 Å². The first-order chi connectivity index (χ1) is 19.8.